The van der Waals surface area contributed by atoms with E-state index in [4.69, 9.17) is 4.52 Å². The molecule has 2 fully saturated rings. The molecular formula is C18H27N7O2. The molecule has 2 aromatic heterocycles. The number of aryl methyl sites for hydroxylation is 2. The van der Waals surface area contributed by atoms with Gasteiger partial charge in [0.05, 0.1) is 24.5 Å². The van der Waals surface area contributed by atoms with Crippen molar-refractivity contribution in [1.82, 2.24) is 29.7 Å². The van der Waals surface area contributed by atoms with E-state index in [1.807, 2.05) is 25.1 Å². The van der Waals surface area contributed by atoms with Crippen molar-refractivity contribution in [3.8, 4) is 0 Å². The molecule has 0 aliphatic carbocycles. The SMILES string of the molecule is CCc1nc(CN2CCN(C3CCCN(c4cnn(C)c4)C3=O)CC2)no1. The van der Waals surface area contributed by atoms with Crippen LogP contribution in [0.3, 0.4) is 0 Å². The van der Waals surface area contributed by atoms with Crippen LogP contribution >= 0.6 is 0 Å². The molecule has 0 spiro atoms. The molecule has 0 aromatic carbocycles. The summed E-state index contributed by atoms with van der Waals surface area (Å²) in [6.07, 6.45) is 6.40. The fraction of sp³-hybridized carbons (Fsp3) is 0.667. The number of piperazine rings is 1. The standard InChI is InChI=1S/C18H27N7O2/c1-3-17-20-16(21-27-17)13-23-7-9-24(10-8-23)15-5-4-6-25(18(15)26)14-11-19-22(2)12-14/h11-12,15H,3-10,13H2,1-2H3. The van der Waals surface area contributed by atoms with Crippen LogP contribution in [0.15, 0.2) is 16.9 Å². The summed E-state index contributed by atoms with van der Waals surface area (Å²) < 4.78 is 6.93. The molecule has 4 heterocycles. The van der Waals surface area contributed by atoms with E-state index in [2.05, 4.69) is 25.0 Å². The van der Waals surface area contributed by atoms with Gasteiger partial charge in [-0.05, 0) is 12.8 Å². The van der Waals surface area contributed by atoms with Crippen molar-refractivity contribution in [3.63, 3.8) is 0 Å². The van der Waals surface area contributed by atoms with E-state index in [-0.39, 0.29) is 11.9 Å². The summed E-state index contributed by atoms with van der Waals surface area (Å²) in [6.45, 7) is 7.08. The minimum atomic E-state index is -0.0297. The van der Waals surface area contributed by atoms with Crippen LogP contribution in [0.4, 0.5) is 5.69 Å². The van der Waals surface area contributed by atoms with Crippen LogP contribution < -0.4 is 4.90 Å². The van der Waals surface area contributed by atoms with Crippen molar-refractivity contribution in [3.05, 3.63) is 24.1 Å². The summed E-state index contributed by atoms with van der Waals surface area (Å²) >= 11 is 0. The Morgan fingerprint density at radius 3 is 2.70 bits per heavy atom. The van der Waals surface area contributed by atoms with Gasteiger partial charge in [0.15, 0.2) is 5.82 Å². The molecule has 146 valence electrons. The van der Waals surface area contributed by atoms with Gasteiger partial charge in [0, 0.05) is 52.4 Å². The maximum atomic E-state index is 13.0. The van der Waals surface area contributed by atoms with Gasteiger partial charge >= 0.3 is 0 Å². The highest BCUT2D eigenvalue weighted by Crippen LogP contribution is 2.24. The Kier molecular flexibility index (Phi) is 5.22. The predicted molar refractivity (Wildman–Crippen MR) is 99.1 cm³/mol. The van der Waals surface area contributed by atoms with E-state index in [0.717, 1.165) is 63.5 Å². The first-order valence-corrected chi connectivity index (χ1v) is 9.72. The lowest BCUT2D eigenvalue weighted by Crippen LogP contribution is -2.57. The van der Waals surface area contributed by atoms with Gasteiger partial charge in [-0.15, -0.1) is 0 Å². The number of piperidine rings is 1. The number of hydrogen-bond donors (Lipinski definition) is 0. The number of carbonyl (C=O) groups is 1. The molecule has 0 bridgehead atoms. The number of nitrogens with zero attached hydrogens (tertiary/aromatic N) is 7. The predicted octanol–water partition coefficient (Wildman–Crippen LogP) is 0.679. The Hall–Kier alpha value is -2.26. The molecule has 0 radical (unpaired) electrons. The number of amides is 1. The number of aromatic nitrogens is 4. The first-order valence-electron chi connectivity index (χ1n) is 9.72. The number of hydrogen-bond acceptors (Lipinski definition) is 7. The molecule has 1 atom stereocenters. The average molecular weight is 373 g/mol. The van der Waals surface area contributed by atoms with Crippen LogP contribution in [0.1, 0.15) is 31.5 Å². The van der Waals surface area contributed by atoms with Crippen molar-refractivity contribution in [1.29, 1.82) is 0 Å². The summed E-state index contributed by atoms with van der Waals surface area (Å²) in [5.74, 6) is 1.64. The van der Waals surface area contributed by atoms with E-state index in [1.165, 1.54) is 0 Å². The first kappa shape index (κ1) is 18.1. The molecule has 0 saturated carbocycles. The lowest BCUT2D eigenvalue weighted by molar-refractivity contribution is -0.126. The molecule has 9 heteroatoms. The number of carbonyl (C=O) groups excluding carboxylic acids is 1. The third-order valence-electron chi connectivity index (χ3n) is 5.44. The van der Waals surface area contributed by atoms with Gasteiger partial charge in [-0.2, -0.15) is 10.1 Å². The van der Waals surface area contributed by atoms with E-state index in [0.29, 0.717) is 12.4 Å². The largest absolute Gasteiger partial charge is 0.339 e. The van der Waals surface area contributed by atoms with Crippen molar-refractivity contribution in [2.45, 2.75) is 38.8 Å². The Balaban J connectivity index is 1.34. The molecular weight excluding hydrogens is 346 g/mol. The summed E-state index contributed by atoms with van der Waals surface area (Å²) in [6, 6.07) is -0.0297. The lowest BCUT2D eigenvalue weighted by Gasteiger charge is -2.42. The van der Waals surface area contributed by atoms with Crippen LogP contribution in [0, 0.1) is 0 Å². The van der Waals surface area contributed by atoms with Gasteiger partial charge < -0.3 is 9.42 Å². The van der Waals surface area contributed by atoms with Crippen molar-refractivity contribution in [2.24, 2.45) is 7.05 Å². The Bertz CT molecular complexity index is 778. The molecule has 2 aromatic rings. The Morgan fingerprint density at radius 1 is 1.22 bits per heavy atom. The molecule has 27 heavy (non-hydrogen) atoms. The van der Waals surface area contributed by atoms with Gasteiger partial charge in [-0.1, -0.05) is 12.1 Å². The van der Waals surface area contributed by atoms with Crippen LogP contribution in [0.2, 0.25) is 0 Å². The lowest BCUT2D eigenvalue weighted by atomic mass is 10.0. The highest BCUT2D eigenvalue weighted by atomic mass is 16.5. The first-order chi connectivity index (χ1) is 13.1. The van der Waals surface area contributed by atoms with Crippen LogP contribution in [-0.2, 0) is 24.8 Å². The van der Waals surface area contributed by atoms with Crippen LogP contribution in [0.5, 0.6) is 0 Å². The molecule has 9 nitrogen and oxygen atoms in total. The molecule has 2 aliphatic rings. The van der Waals surface area contributed by atoms with E-state index in [1.54, 1.807) is 10.9 Å². The Labute approximate surface area is 158 Å². The third kappa shape index (κ3) is 3.89. The summed E-state index contributed by atoms with van der Waals surface area (Å²) in [7, 11) is 1.88. The smallest absolute Gasteiger partial charge is 0.244 e. The van der Waals surface area contributed by atoms with E-state index in [9.17, 15) is 4.79 Å². The fourth-order valence-corrected chi connectivity index (χ4v) is 3.93. The van der Waals surface area contributed by atoms with Crippen molar-refractivity contribution >= 4 is 11.6 Å². The fourth-order valence-electron chi connectivity index (χ4n) is 3.93. The number of rotatable bonds is 5. The highest BCUT2D eigenvalue weighted by Gasteiger charge is 2.35. The third-order valence-corrected chi connectivity index (χ3v) is 5.44. The molecule has 1 unspecified atom stereocenters. The normalized spacial score (nSPS) is 22.5. The minimum Gasteiger partial charge on any atom is -0.339 e. The molecule has 2 saturated heterocycles. The summed E-state index contributed by atoms with van der Waals surface area (Å²) in [5, 5.41) is 8.24. The van der Waals surface area contributed by atoms with Crippen molar-refractivity contribution in [2.75, 3.05) is 37.6 Å². The van der Waals surface area contributed by atoms with Crippen LogP contribution in [0.25, 0.3) is 0 Å². The van der Waals surface area contributed by atoms with Gasteiger partial charge in [-0.25, -0.2) is 0 Å². The quantitative estimate of drug-likeness (QED) is 0.762. The van der Waals surface area contributed by atoms with Gasteiger partial charge in [0.1, 0.15) is 0 Å². The van der Waals surface area contributed by atoms with Crippen LogP contribution in [-0.4, -0.2) is 74.4 Å². The molecule has 2 aliphatic heterocycles. The van der Waals surface area contributed by atoms with Gasteiger partial charge in [-0.3, -0.25) is 19.3 Å². The molecule has 1 amide bonds. The topological polar surface area (TPSA) is 83.5 Å². The second kappa shape index (κ2) is 7.77. The Morgan fingerprint density at radius 2 is 2.04 bits per heavy atom. The summed E-state index contributed by atoms with van der Waals surface area (Å²) in [4.78, 5) is 24.0. The van der Waals surface area contributed by atoms with Crippen molar-refractivity contribution < 1.29 is 9.32 Å². The van der Waals surface area contributed by atoms with Gasteiger partial charge in [0.2, 0.25) is 11.8 Å². The zero-order valence-electron chi connectivity index (χ0n) is 16.0. The second-order valence-corrected chi connectivity index (χ2v) is 7.29. The van der Waals surface area contributed by atoms with Gasteiger partial charge in [0.25, 0.3) is 0 Å². The van der Waals surface area contributed by atoms with E-state index < -0.39 is 0 Å². The summed E-state index contributed by atoms with van der Waals surface area (Å²) in [5.41, 5.74) is 0.898. The average Bonchev–Trinajstić information content (AvgIpc) is 3.31. The van der Waals surface area contributed by atoms with E-state index >= 15 is 0 Å². The monoisotopic (exact) mass is 373 g/mol. The zero-order chi connectivity index (χ0) is 18.8. The molecule has 4 rings (SSSR count). The highest BCUT2D eigenvalue weighted by molar-refractivity contribution is 5.97. The molecule has 0 N–H and O–H groups in total. The maximum absolute atomic E-state index is 13.0. The maximum Gasteiger partial charge on any atom is 0.244 e. The minimum absolute atomic E-state index is 0.0297. The second-order valence-electron chi connectivity index (χ2n) is 7.29. The number of anilines is 1. The zero-order valence-corrected chi connectivity index (χ0v) is 16.0.